The van der Waals surface area contributed by atoms with Crippen molar-refractivity contribution >= 4 is 5.97 Å². The predicted molar refractivity (Wildman–Crippen MR) is 65.1 cm³/mol. The van der Waals surface area contributed by atoms with E-state index in [0.29, 0.717) is 18.8 Å². The summed E-state index contributed by atoms with van der Waals surface area (Å²) in [7, 11) is 0. The van der Waals surface area contributed by atoms with E-state index in [9.17, 15) is 4.79 Å². The fourth-order valence-corrected chi connectivity index (χ4v) is 0.688. The molecule has 1 rings (SSSR count). The zero-order valence-electron chi connectivity index (χ0n) is 10.1. The Bertz CT molecular complexity index is 262. The molecule has 1 saturated heterocycles. The second-order valence-corrected chi connectivity index (χ2v) is 3.41. The van der Waals surface area contributed by atoms with E-state index in [-0.39, 0.29) is 12.1 Å². The Morgan fingerprint density at radius 1 is 1.62 bits per heavy atom. The molecular formula is C13H20O3. The van der Waals surface area contributed by atoms with E-state index in [4.69, 9.17) is 9.47 Å². The molecule has 0 saturated carbocycles. The number of esters is 1. The molecule has 1 aliphatic rings. The van der Waals surface area contributed by atoms with Gasteiger partial charge in [-0.25, -0.2) is 4.79 Å². The van der Waals surface area contributed by atoms with Crippen molar-refractivity contribution in [3.05, 3.63) is 37.0 Å². The quantitative estimate of drug-likeness (QED) is 0.312. The van der Waals surface area contributed by atoms with Gasteiger partial charge < -0.3 is 9.47 Å². The van der Waals surface area contributed by atoms with Crippen LogP contribution in [0.2, 0.25) is 0 Å². The molecule has 1 aliphatic heterocycles. The summed E-state index contributed by atoms with van der Waals surface area (Å²) in [6.45, 7) is 11.7. The fraction of sp³-hybridized carbons (Fsp3) is 0.462. The lowest BCUT2D eigenvalue weighted by Gasteiger charge is -1.99. The average molecular weight is 224 g/mol. The van der Waals surface area contributed by atoms with Crippen molar-refractivity contribution in [1.29, 1.82) is 0 Å². The summed E-state index contributed by atoms with van der Waals surface area (Å²) in [4.78, 5) is 10.7. The number of hydrogen-bond acceptors (Lipinski definition) is 3. The second kappa shape index (κ2) is 8.92. The summed E-state index contributed by atoms with van der Waals surface area (Å²) in [5.41, 5.74) is 0.431. The van der Waals surface area contributed by atoms with E-state index in [1.165, 1.54) is 0 Å². The Kier molecular flexibility index (Phi) is 8.17. The maximum Gasteiger partial charge on any atom is 0.333 e. The van der Waals surface area contributed by atoms with Gasteiger partial charge in [0.1, 0.15) is 12.7 Å². The zero-order valence-corrected chi connectivity index (χ0v) is 10.1. The lowest BCUT2D eigenvalue weighted by Crippen LogP contribution is -2.09. The molecule has 0 bridgehead atoms. The molecule has 1 fully saturated rings. The molecule has 0 radical (unpaired) electrons. The maximum absolute atomic E-state index is 10.7. The molecule has 0 aliphatic carbocycles. The Morgan fingerprint density at radius 2 is 2.25 bits per heavy atom. The molecule has 0 spiro atoms. The third-order valence-electron chi connectivity index (χ3n) is 1.66. The second-order valence-electron chi connectivity index (χ2n) is 3.41. The van der Waals surface area contributed by atoms with Crippen LogP contribution >= 0.6 is 0 Å². The highest BCUT2D eigenvalue weighted by Gasteiger charge is 2.24. The standard InChI is InChI=1S/C7H10O3.C6H10/c1-5(2)7(8)10-4-6-3-9-6;1-3-5-6-4-2/h6H,1,3-4H2,2H3;3,5-6H,1,4H2,2H3. The molecule has 16 heavy (non-hydrogen) atoms. The predicted octanol–water partition coefficient (Wildman–Crippen LogP) is 2.64. The minimum absolute atomic E-state index is 0.142. The van der Waals surface area contributed by atoms with Crippen molar-refractivity contribution in [3.8, 4) is 0 Å². The minimum atomic E-state index is -0.337. The summed E-state index contributed by atoms with van der Waals surface area (Å²) in [5.74, 6) is -0.337. The van der Waals surface area contributed by atoms with E-state index in [1.54, 1.807) is 13.0 Å². The van der Waals surface area contributed by atoms with Crippen LogP contribution in [-0.2, 0) is 14.3 Å². The van der Waals surface area contributed by atoms with Gasteiger partial charge in [0.2, 0.25) is 0 Å². The Morgan fingerprint density at radius 3 is 2.56 bits per heavy atom. The first-order valence-corrected chi connectivity index (χ1v) is 5.33. The van der Waals surface area contributed by atoms with E-state index in [0.717, 1.165) is 6.42 Å². The van der Waals surface area contributed by atoms with Crippen LogP contribution in [0.15, 0.2) is 37.0 Å². The van der Waals surface area contributed by atoms with Crippen molar-refractivity contribution in [2.75, 3.05) is 13.2 Å². The van der Waals surface area contributed by atoms with Gasteiger partial charge in [-0.1, -0.05) is 38.3 Å². The van der Waals surface area contributed by atoms with E-state index >= 15 is 0 Å². The molecule has 0 aromatic carbocycles. The molecule has 0 N–H and O–H groups in total. The molecule has 1 unspecified atom stereocenters. The first-order chi connectivity index (χ1) is 7.61. The monoisotopic (exact) mass is 224 g/mol. The summed E-state index contributed by atoms with van der Waals surface area (Å²) in [5, 5.41) is 0. The summed E-state index contributed by atoms with van der Waals surface area (Å²) >= 11 is 0. The van der Waals surface area contributed by atoms with Gasteiger partial charge in [-0.15, -0.1) is 0 Å². The number of ether oxygens (including phenoxy) is 2. The number of hydrogen-bond donors (Lipinski definition) is 0. The van der Waals surface area contributed by atoms with Gasteiger partial charge in [-0.2, -0.15) is 0 Å². The van der Waals surface area contributed by atoms with Crippen LogP contribution in [0.4, 0.5) is 0 Å². The van der Waals surface area contributed by atoms with Crippen LogP contribution in [0, 0.1) is 0 Å². The minimum Gasteiger partial charge on any atom is -0.459 e. The lowest BCUT2D eigenvalue weighted by molar-refractivity contribution is -0.139. The van der Waals surface area contributed by atoms with Crippen LogP contribution in [0.3, 0.4) is 0 Å². The van der Waals surface area contributed by atoms with Crippen LogP contribution in [0.1, 0.15) is 20.3 Å². The summed E-state index contributed by atoms with van der Waals surface area (Å²) in [6, 6.07) is 0. The van der Waals surface area contributed by atoms with Gasteiger partial charge in [0.05, 0.1) is 6.61 Å². The SMILES string of the molecule is C=C(C)C(=O)OCC1CO1.C=CC=CCC. The number of carbonyl (C=O) groups is 1. The molecule has 0 amide bonds. The number of allylic oxidation sites excluding steroid dienone is 3. The zero-order chi connectivity index (χ0) is 12.4. The lowest BCUT2D eigenvalue weighted by atomic mass is 10.4. The van der Waals surface area contributed by atoms with Crippen LogP contribution < -0.4 is 0 Å². The summed E-state index contributed by atoms with van der Waals surface area (Å²) < 4.78 is 9.60. The van der Waals surface area contributed by atoms with Crippen LogP contribution in [-0.4, -0.2) is 25.3 Å². The van der Waals surface area contributed by atoms with Gasteiger partial charge in [0.15, 0.2) is 0 Å². The third-order valence-corrected chi connectivity index (χ3v) is 1.66. The third kappa shape index (κ3) is 9.21. The molecule has 0 aromatic heterocycles. The van der Waals surface area contributed by atoms with Crippen molar-refractivity contribution in [3.63, 3.8) is 0 Å². The summed E-state index contributed by atoms with van der Waals surface area (Å²) in [6.07, 6.45) is 7.03. The molecular weight excluding hydrogens is 204 g/mol. The number of epoxide rings is 1. The topological polar surface area (TPSA) is 38.8 Å². The maximum atomic E-state index is 10.7. The van der Waals surface area contributed by atoms with E-state index < -0.39 is 0 Å². The average Bonchev–Trinajstić information content (AvgIpc) is 3.07. The van der Waals surface area contributed by atoms with Gasteiger partial charge in [-0.3, -0.25) is 0 Å². The normalized spacial score (nSPS) is 17.2. The first-order valence-electron chi connectivity index (χ1n) is 5.33. The van der Waals surface area contributed by atoms with Crippen molar-refractivity contribution in [2.45, 2.75) is 26.4 Å². The van der Waals surface area contributed by atoms with Crippen LogP contribution in [0.5, 0.6) is 0 Å². The molecule has 0 aromatic rings. The Balaban J connectivity index is 0.000000325. The van der Waals surface area contributed by atoms with Crippen molar-refractivity contribution in [1.82, 2.24) is 0 Å². The van der Waals surface area contributed by atoms with E-state index in [2.05, 4.69) is 26.2 Å². The molecule has 1 atom stereocenters. The highest BCUT2D eigenvalue weighted by molar-refractivity contribution is 5.86. The fourth-order valence-electron chi connectivity index (χ4n) is 0.688. The largest absolute Gasteiger partial charge is 0.459 e. The Hall–Kier alpha value is -1.35. The van der Waals surface area contributed by atoms with Gasteiger partial charge in [0, 0.05) is 5.57 Å². The highest BCUT2D eigenvalue weighted by atomic mass is 16.6. The molecule has 3 heteroatoms. The van der Waals surface area contributed by atoms with Crippen LogP contribution in [0.25, 0.3) is 0 Å². The van der Waals surface area contributed by atoms with E-state index in [1.807, 2.05) is 6.08 Å². The Labute approximate surface area is 97.4 Å². The van der Waals surface area contributed by atoms with Crippen molar-refractivity contribution < 1.29 is 14.3 Å². The van der Waals surface area contributed by atoms with Gasteiger partial charge in [-0.05, 0) is 13.3 Å². The number of carbonyl (C=O) groups excluding carboxylic acids is 1. The highest BCUT2D eigenvalue weighted by Crippen LogP contribution is 2.09. The van der Waals surface area contributed by atoms with Crippen molar-refractivity contribution in [2.24, 2.45) is 0 Å². The molecule has 90 valence electrons. The first kappa shape index (κ1) is 14.6. The van der Waals surface area contributed by atoms with Gasteiger partial charge >= 0.3 is 5.97 Å². The number of rotatable bonds is 5. The van der Waals surface area contributed by atoms with Gasteiger partial charge in [0.25, 0.3) is 0 Å². The molecule has 3 nitrogen and oxygen atoms in total. The smallest absolute Gasteiger partial charge is 0.333 e. The molecule has 1 heterocycles.